The average Bonchev–Trinajstić information content (AvgIpc) is 1.85. The first-order valence-corrected chi connectivity index (χ1v) is 39.7. The maximum Gasteiger partial charge on any atom is 0.308 e. The van der Waals surface area contributed by atoms with E-state index in [-0.39, 0.29) is 54.0 Å². The molecule has 2 spiro atoms. The molecule has 1 N–H and O–H groups in total. The highest BCUT2D eigenvalue weighted by atomic mass is 28.4. The zero-order valence-electron chi connectivity index (χ0n) is 56.1. The molecule has 0 aliphatic carbocycles. The molecule has 0 aromatic heterocycles. The lowest BCUT2D eigenvalue weighted by Crippen LogP contribution is -2.62. The summed E-state index contributed by atoms with van der Waals surface area (Å²) in [5, 5.41) is 12.9. The van der Waals surface area contributed by atoms with Crippen LogP contribution < -0.4 is 4.74 Å². The minimum absolute atomic E-state index is 0.0559. The summed E-state index contributed by atoms with van der Waals surface area (Å²) in [6, 6.07) is 10.8. The number of methoxy groups -OCH3 is 2. The number of esters is 1. The minimum Gasteiger partial charge on any atom is -0.497 e. The molecule has 0 radical (unpaired) electrons. The van der Waals surface area contributed by atoms with Crippen molar-refractivity contribution in [2.75, 3.05) is 20.8 Å². The molecule has 4 aliphatic rings. The summed E-state index contributed by atoms with van der Waals surface area (Å²) in [5.41, 5.74) is 1.59. The number of ether oxygens (including phenoxy) is 8. The number of carbonyl (C=O) groups is 2. The van der Waals surface area contributed by atoms with Crippen LogP contribution in [0.25, 0.3) is 0 Å². The van der Waals surface area contributed by atoms with E-state index in [1.165, 1.54) is 0 Å². The Balaban J connectivity index is 1.49. The van der Waals surface area contributed by atoms with Crippen LogP contribution in [0.4, 0.5) is 0 Å². The Morgan fingerprint density at radius 3 is 1.82 bits per heavy atom. The highest BCUT2D eigenvalue weighted by molar-refractivity contribution is 6.77. The van der Waals surface area contributed by atoms with Gasteiger partial charge < -0.3 is 56.3 Å². The second-order valence-electron chi connectivity index (χ2n) is 29.2. The van der Waals surface area contributed by atoms with Crippen LogP contribution in [0.3, 0.4) is 0 Å². The molecule has 83 heavy (non-hydrogen) atoms. The van der Waals surface area contributed by atoms with E-state index in [4.69, 9.17) is 57.8 Å². The van der Waals surface area contributed by atoms with E-state index in [1.807, 2.05) is 58.9 Å². The van der Waals surface area contributed by atoms with E-state index < -0.39 is 84.0 Å². The lowest BCUT2D eigenvalue weighted by Gasteiger charge is -2.56. The molecule has 14 nitrogen and oxygen atoms in total. The smallest absolute Gasteiger partial charge is 0.308 e. The molecule has 5 rings (SSSR count). The highest BCUT2D eigenvalue weighted by Gasteiger charge is 2.58. The summed E-state index contributed by atoms with van der Waals surface area (Å²) in [6.45, 7) is 48.9. The molecule has 13 atom stereocenters. The van der Waals surface area contributed by atoms with Gasteiger partial charge in [0.25, 0.3) is 0 Å². The molecule has 1 aromatic rings. The molecular weight excluding hydrogens is 1100 g/mol. The predicted molar refractivity (Wildman–Crippen MR) is 338 cm³/mol. The zero-order valence-corrected chi connectivity index (χ0v) is 59.1. The van der Waals surface area contributed by atoms with Gasteiger partial charge in [0.05, 0.1) is 87.1 Å². The normalized spacial score (nSPS) is 29.8. The van der Waals surface area contributed by atoms with Crippen molar-refractivity contribution in [1.29, 1.82) is 0 Å². The van der Waals surface area contributed by atoms with Crippen LogP contribution in [0, 0.1) is 11.8 Å². The Morgan fingerprint density at radius 1 is 0.735 bits per heavy atom. The molecule has 1 aromatic carbocycles. The van der Waals surface area contributed by atoms with Gasteiger partial charge in [-0.05, 0) is 111 Å². The molecule has 4 fully saturated rings. The number of rotatable bonds is 28. The van der Waals surface area contributed by atoms with E-state index >= 15 is 0 Å². The summed E-state index contributed by atoms with van der Waals surface area (Å²) >= 11 is 0. The fourth-order valence-electron chi connectivity index (χ4n) is 14.5. The summed E-state index contributed by atoms with van der Waals surface area (Å²) < 4.78 is 75.5. The number of carbonyl (C=O) groups excluding carboxylic acids is 2. The molecule has 478 valence electrons. The van der Waals surface area contributed by atoms with E-state index in [2.05, 4.69) is 103 Å². The fraction of sp³-hybridized carbons (Fsp3) is 0.848. The first kappa shape index (κ1) is 71.9. The fourth-order valence-corrected chi connectivity index (χ4v) is 24.4. The standard InChI is InChI=1S/C66H118O14Si3/c1-24-57(67)60(58-35-52(71-21)38-65(77-58)39-53(72-41-49-28-30-50(70-20)31-29-49)34-56(76-65)42-73-83(44(5)6,45(7)8)46(9)10)61(69)48(12)47(11)32-54-37-64(19,80-82(25-2,26-3)27-4)43-66(75-54)40-55(79-81(22,23)63(16,17)18)33-51(74-66)36-59(68)78-62(13,14)15/h28-31,44-46,48,51-56,58,60-61,69H,11,24-27,32-43H2,1-10,12-23H3/t48-,51-,52+,53+,54+,55+,56-,58+,60?,61?,64+,65+,66-/m1/s1. The van der Waals surface area contributed by atoms with E-state index in [9.17, 15) is 14.7 Å². The van der Waals surface area contributed by atoms with Gasteiger partial charge in [0.1, 0.15) is 17.1 Å². The number of ketones is 1. The number of aliphatic hydroxyl groups is 1. The lowest BCUT2D eigenvalue weighted by atomic mass is 9.75. The minimum atomic E-state index is -2.31. The van der Waals surface area contributed by atoms with Crippen molar-refractivity contribution in [2.45, 2.75) is 326 Å². The van der Waals surface area contributed by atoms with Gasteiger partial charge in [-0.1, -0.05) is 121 Å². The first-order chi connectivity index (χ1) is 38.5. The van der Waals surface area contributed by atoms with Crippen LogP contribution in [0.2, 0.25) is 52.9 Å². The first-order valence-electron chi connectivity index (χ1n) is 32.1. The Kier molecular flexibility index (Phi) is 25.3. The number of Topliss-reactive ketones (excluding diaryl/α,β-unsaturated/α-hetero) is 1. The Labute approximate surface area is 506 Å². The second kappa shape index (κ2) is 29.2. The van der Waals surface area contributed by atoms with Gasteiger partial charge in [0.15, 0.2) is 36.5 Å². The highest BCUT2D eigenvalue weighted by Crippen LogP contribution is 2.52. The topological polar surface area (TPSA) is 156 Å². The van der Waals surface area contributed by atoms with Crippen molar-refractivity contribution in [2.24, 2.45) is 11.8 Å². The van der Waals surface area contributed by atoms with Crippen LogP contribution in [-0.2, 0) is 62.6 Å². The molecule has 4 heterocycles. The van der Waals surface area contributed by atoms with Gasteiger partial charge in [-0.2, -0.15) is 0 Å². The third kappa shape index (κ3) is 18.4. The quantitative estimate of drug-likeness (QED) is 0.0480. The van der Waals surface area contributed by atoms with E-state index in [1.54, 1.807) is 14.2 Å². The van der Waals surface area contributed by atoms with E-state index in [0.29, 0.717) is 87.6 Å². The Hall–Kier alpha value is -1.85. The number of benzene rings is 1. The van der Waals surface area contributed by atoms with Crippen LogP contribution in [-0.4, -0.2) is 134 Å². The van der Waals surface area contributed by atoms with Crippen LogP contribution in [0.15, 0.2) is 36.4 Å². The molecule has 17 heteroatoms. The molecule has 4 aliphatic heterocycles. The van der Waals surface area contributed by atoms with Crippen molar-refractivity contribution in [3.8, 4) is 5.75 Å². The number of hydrogen-bond donors (Lipinski definition) is 1. The van der Waals surface area contributed by atoms with Crippen LogP contribution >= 0.6 is 0 Å². The van der Waals surface area contributed by atoms with Crippen molar-refractivity contribution in [3.05, 3.63) is 42.0 Å². The monoisotopic (exact) mass is 1220 g/mol. The summed E-state index contributed by atoms with van der Waals surface area (Å²) in [4.78, 5) is 28.3. The number of hydrogen-bond acceptors (Lipinski definition) is 14. The molecular formula is C66H118O14Si3. The van der Waals surface area contributed by atoms with Crippen molar-refractivity contribution >= 4 is 36.7 Å². The molecule has 2 unspecified atom stereocenters. The van der Waals surface area contributed by atoms with Crippen molar-refractivity contribution in [1.82, 2.24) is 0 Å². The maximum atomic E-state index is 14.7. The van der Waals surface area contributed by atoms with Crippen molar-refractivity contribution in [3.63, 3.8) is 0 Å². The predicted octanol–water partition coefficient (Wildman–Crippen LogP) is 15.3. The second-order valence-corrected chi connectivity index (χ2v) is 44.1. The summed E-state index contributed by atoms with van der Waals surface area (Å²) in [6.07, 6.45) is 0.391. The maximum absolute atomic E-state index is 14.7. The Morgan fingerprint density at radius 2 is 1.29 bits per heavy atom. The molecule has 0 bridgehead atoms. The third-order valence-corrected chi connectivity index (χ3v) is 35.2. The van der Waals surface area contributed by atoms with Crippen molar-refractivity contribution < 1.29 is 65.9 Å². The third-order valence-electron chi connectivity index (χ3n) is 19.8. The van der Waals surface area contributed by atoms with Gasteiger partial charge in [0.2, 0.25) is 0 Å². The summed E-state index contributed by atoms with van der Waals surface area (Å²) in [7, 11) is -3.46. The number of aliphatic hydroxyl groups excluding tert-OH is 1. The van der Waals surface area contributed by atoms with Gasteiger partial charge in [0, 0.05) is 64.4 Å². The average molecular weight is 1220 g/mol. The Bertz CT molecular complexity index is 2190. The molecule has 0 amide bonds. The summed E-state index contributed by atoms with van der Waals surface area (Å²) in [5.74, 6) is -3.49. The SMILES string of the molecule is C=C(C[C@H]1C[C@](C)(O[Si](CC)(CC)CC)C[C@@]2(C[C@@H](O[Si](C)(C)C(C)(C)C)C[C@H](CC(=O)OC(C)(C)C)O2)O1)[C@@H](C)C(O)C(C(=O)CC)[C@@H]1C[C@H](OC)C[C@@]2(C[C@@H](OCc3ccc(OC)cc3)C[C@H](CO[Si](C(C)C)(C(C)C)C(C)C)O2)O1. The lowest BCUT2D eigenvalue weighted by molar-refractivity contribution is -0.351. The van der Waals surface area contributed by atoms with Gasteiger partial charge >= 0.3 is 5.97 Å². The van der Waals surface area contributed by atoms with Gasteiger partial charge in [-0.3, -0.25) is 9.59 Å². The largest absolute Gasteiger partial charge is 0.497 e. The zero-order chi connectivity index (χ0) is 62.3. The van der Waals surface area contributed by atoms with E-state index in [0.717, 1.165) is 35.0 Å². The molecule has 4 saturated heterocycles. The molecule has 0 saturated carbocycles. The van der Waals surface area contributed by atoms with Crippen LogP contribution in [0.1, 0.15) is 201 Å². The van der Waals surface area contributed by atoms with Gasteiger partial charge in [-0.15, -0.1) is 0 Å². The van der Waals surface area contributed by atoms with Gasteiger partial charge in [-0.25, -0.2) is 0 Å². The van der Waals surface area contributed by atoms with Crippen LogP contribution in [0.5, 0.6) is 5.75 Å².